The van der Waals surface area contributed by atoms with E-state index in [2.05, 4.69) is 11.1 Å². The highest BCUT2D eigenvalue weighted by molar-refractivity contribution is 7.98. The number of thiophene rings is 1. The van der Waals surface area contributed by atoms with E-state index in [1.807, 2.05) is 23.0 Å². The lowest BCUT2D eigenvalue weighted by molar-refractivity contribution is -0.122. The Morgan fingerprint density at radius 3 is 2.88 bits per heavy atom. The third kappa shape index (κ3) is 4.73. The molecule has 0 N–H and O–H groups in total. The quantitative estimate of drug-likeness (QED) is 0.451. The highest BCUT2D eigenvalue weighted by atomic mass is 32.2. The van der Waals surface area contributed by atoms with E-state index in [4.69, 9.17) is 4.74 Å². The Balaban J connectivity index is 1.74. The Morgan fingerprint density at radius 2 is 2.16 bits per heavy atom. The second-order valence-electron chi connectivity index (χ2n) is 7.37. The molecule has 1 fully saturated rings. The van der Waals surface area contributed by atoms with Gasteiger partial charge in [-0.05, 0) is 48.7 Å². The molecular weight excluding hydrogens is 487 g/mol. The highest BCUT2D eigenvalue weighted by Crippen LogP contribution is 2.29. The first-order valence-electron chi connectivity index (χ1n) is 10.3. The molecule has 0 radical (unpaired) electrons. The number of thiazole rings is 1. The molecule has 172 valence electrons. The van der Waals surface area contributed by atoms with E-state index in [0.29, 0.717) is 30.9 Å². The summed E-state index contributed by atoms with van der Waals surface area (Å²) >= 11 is 4.27. The molecule has 4 rings (SSSR count). The smallest absolute Gasteiger partial charge is 0.266 e. The van der Waals surface area contributed by atoms with Gasteiger partial charge in [-0.25, -0.2) is 8.42 Å². The summed E-state index contributed by atoms with van der Waals surface area (Å²) in [7, 11) is -2.08. The number of hydrogen-bond donors (Lipinski definition) is 0. The molecule has 1 atom stereocenters. The lowest BCUT2D eigenvalue weighted by atomic mass is 10.0. The minimum absolute atomic E-state index is 0.263. The number of amides is 1. The van der Waals surface area contributed by atoms with Gasteiger partial charge < -0.3 is 9.30 Å². The van der Waals surface area contributed by atoms with Crippen LogP contribution in [-0.4, -0.2) is 55.8 Å². The molecule has 32 heavy (non-hydrogen) atoms. The standard InChI is InChI=1S/C21H25N3O4S4/c1-28-12-11-23-16-9-8-15(29-2)14-18(16)31-21(23)22-20(25)17-6-3-4-10-24(17)32(26,27)19-7-5-13-30-19/h5,7-9,13-14,17H,3-4,6,10-12H2,1-2H3. The van der Waals surface area contributed by atoms with Crippen LogP contribution in [0, 0.1) is 0 Å². The van der Waals surface area contributed by atoms with Gasteiger partial charge in [0, 0.05) is 25.1 Å². The van der Waals surface area contributed by atoms with Gasteiger partial charge >= 0.3 is 0 Å². The second kappa shape index (κ2) is 10.2. The Morgan fingerprint density at radius 1 is 1.31 bits per heavy atom. The highest BCUT2D eigenvalue weighted by Gasteiger charge is 2.38. The summed E-state index contributed by atoms with van der Waals surface area (Å²) < 4.78 is 36.2. The van der Waals surface area contributed by atoms with Crippen molar-refractivity contribution in [1.29, 1.82) is 0 Å². The van der Waals surface area contributed by atoms with Crippen molar-refractivity contribution in [3.8, 4) is 0 Å². The van der Waals surface area contributed by atoms with Crippen molar-refractivity contribution in [2.75, 3.05) is 26.5 Å². The average Bonchev–Trinajstić information content (AvgIpc) is 3.46. The van der Waals surface area contributed by atoms with E-state index in [9.17, 15) is 13.2 Å². The molecule has 7 nitrogen and oxygen atoms in total. The molecule has 1 saturated heterocycles. The van der Waals surface area contributed by atoms with E-state index in [0.717, 1.165) is 28.0 Å². The van der Waals surface area contributed by atoms with E-state index in [-0.39, 0.29) is 4.21 Å². The molecule has 0 spiro atoms. The fraction of sp³-hybridized carbons (Fsp3) is 0.429. The first-order chi connectivity index (χ1) is 15.5. The summed E-state index contributed by atoms with van der Waals surface area (Å²) in [4.78, 5) is 19.5. The van der Waals surface area contributed by atoms with Crippen molar-refractivity contribution in [2.24, 2.45) is 4.99 Å². The van der Waals surface area contributed by atoms with Crippen LogP contribution in [0.1, 0.15) is 19.3 Å². The van der Waals surface area contributed by atoms with Gasteiger partial charge in [0.1, 0.15) is 10.3 Å². The minimum atomic E-state index is -3.72. The van der Waals surface area contributed by atoms with Crippen LogP contribution >= 0.6 is 34.4 Å². The number of sulfonamides is 1. The topological polar surface area (TPSA) is 81.0 Å². The SMILES string of the molecule is COCCn1c(=NC(=O)C2CCCCN2S(=O)(=O)c2cccs2)sc2cc(SC)ccc21. The van der Waals surface area contributed by atoms with Gasteiger partial charge in [-0.2, -0.15) is 9.30 Å². The zero-order chi connectivity index (χ0) is 22.7. The molecule has 1 aliphatic heterocycles. The maximum Gasteiger partial charge on any atom is 0.266 e. The number of aromatic nitrogens is 1. The number of nitrogens with zero attached hydrogens (tertiary/aromatic N) is 3. The zero-order valence-corrected chi connectivity index (χ0v) is 21.2. The molecule has 0 aliphatic carbocycles. The number of piperidine rings is 1. The Hall–Kier alpha value is -1.50. The molecule has 1 unspecified atom stereocenters. The van der Waals surface area contributed by atoms with Crippen molar-refractivity contribution in [2.45, 2.75) is 41.0 Å². The van der Waals surface area contributed by atoms with E-state index >= 15 is 0 Å². The van der Waals surface area contributed by atoms with Gasteiger partial charge in [0.25, 0.3) is 15.9 Å². The number of hydrogen-bond acceptors (Lipinski definition) is 7. The van der Waals surface area contributed by atoms with Crippen LogP contribution < -0.4 is 4.80 Å². The molecular formula is C21H25N3O4S4. The maximum atomic E-state index is 13.3. The van der Waals surface area contributed by atoms with Gasteiger partial charge in [0.15, 0.2) is 4.80 Å². The predicted octanol–water partition coefficient (Wildman–Crippen LogP) is 3.80. The summed E-state index contributed by atoms with van der Waals surface area (Å²) in [6.45, 7) is 1.38. The van der Waals surface area contributed by atoms with Crippen molar-refractivity contribution >= 4 is 60.6 Å². The van der Waals surface area contributed by atoms with Crippen LogP contribution in [0.15, 0.2) is 49.8 Å². The number of rotatable bonds is 7. The normalized spacial score (nSPS) is 18.4. The largest absolute Gasteiger partial charge is 0.383 e. The van der Waals surface area contributed by atoms with E-state index in [1.165, 1.54) is 27.0 Å². The first-order valence-corrected chi connectivity index (χ1v) is 14.6. The molecule has 3 heterocycles. The second-order valence-corrected chi connectivity index (χ2v) is 12.3. The first kappa shape index (κ1) is 23.7. The van der Waals surface area contributed by atoms with Crippen LogP contribution in [0.5, 0.6) is 0 Å². The number of fused-ring (bicyclic) bond motifs is 1. The van der Waals surface area contributed by atoms with Gasteiger partial charge in [0.05, 0.1) is 16.8 Å². The average molecular weight is 512 g/mol. The number of thioether (sulfide) groups is 1. The predicted molar refractivity (Wildman–Crippen MR) is 130 cm³/mol. The van der Waals surface area contributed by atoms with Gasteiger partial charge in [0.2, 0.25) is 0 Å². The maximum absolute atomic E-state index is 13.3. The number of methoxy groups -OCH3 is 1. The zero-order valence-electron chi connectivity index (χ0n) is 17.9. The fourth-order valence-electron chi connectivity index (χ4n) is 3.80. The van der Waals surface area contributed by atoms with Crippen molar-refractivity contribution in [3.05, 3.63) is 40.5 Å². The minimum Gasteiger partial charge on any atom is -0.383 e. The van der Waals surface area contributed by atoms with Crippen molar-refractivity contribution in [3.63, 3.8) is 0 Å². The summed E-state index contributed by atoms with van der Waals surface area (Å²) in [5.41, 5.74) is 0.989. The van der Waals surface area contributed by atoms with E-state index in [1.54, 1.807) is 36.4 Å². The van der Waals surface area contributed by atoms with Crippen LogP contribution in [0.2, 0.25) is 0 Å². The number of carbonyl (C=O) groups excluding carboxylic acids is 1. The fourth-order valence-corrected chi connectivity index (χ4v) is 8.18. The van der Waals surface area contributed by atoms with Crippen LogP contribution in [0.4, 0.5) is 0 Å². The lowest BCUT2D eigenvalue weighted by Crippen LogP contribution is -2.47. The molecule has 3 aromatic rings. The Labute approximate surface area is 199 Å². The Kier molecular flexibility index (Phi) is 7.53. The molecule has 2 aromatic heterocycles. The molecule has 0 bridgehead atoms. The number of carbonyl (C=O) groups is 1. The number of ether oxygens (including phenoxy) is 1. The summed E-state index contributed by atoms with van der Waals surface area (Å²) in [5, 5.41) is 1.73. The molecule has 1 amide bonds. The third-order valence-electron chi connectivity index (χ3n) is 5.41. The molecule has 1 aromatic carbocycles. The third-order valence-corrected chi connectivity index (χ3v) is 10.5. The summed E-state index contributed by atoms with van der Waals surface area (Å²) in [6, 6.07) is 8.68. The molecule has 11 heteroatoms. The summed E-state index contributed by atoms with van der Waals surface area (Å²) in [6.07, 6.45) is 4.04. The Bertz CT molecular complexity index is 1260. The van der Waals surface area contributed by atoms with Gasteiger partial charge in [-0.3, -0.25) is 4.79 Å². The van der Waals surface area contributed by atoms with E-state index < -0.39 is 22.0 Å². The van der Waals surface area contributed by atoms with Crippen LogP contribution in [0.3, 0.4) is 0 Å². The van der Waals surface area contributed by atoms with Gasteiger partial charge in [-0.1, -0.05) is 23.8 Å². The monoisotopic (exact) mass is 511 g/mol. The van der Waals surface area contributed by atoms with Crippen molar-refractivity contribution < 1.29 is 17.9 Å². The van der Waals surface area contributed by atoms with Gasteiger partial charge in [-0.15, -0.1) is 23.1 Å². The van der Waals surface area contributed by atoms with Crippen LogP contribution in [-0.2, 0) is 26.1 Å². The van der Waals surface area contributed by atoms with Crippen LogP contribution in [0.25, 0.3) is 10.2 Å². The van der Waals surface area contributed by atoms with Crippen molar-refractivity contribution in [1.82, 2.24) is 8.87 Å². The number of benzene rings is 1. The molecule has 1 aliphatic rings. The summed E-state index contributed by atoms with van der Waals surface area (Å²) in [5.74, 6) is -0.410. The lowest BCUT2D eigenvalue weighted by Gasteiger charge is -2.31. The molecule has 0 saturated carbocycles.